The number of benzene rings is 1. The number of nitrogens with zero attached hydrogens (tertiary/aromatic N) is 2. The largest absolute Gasteiger partial charge is 0.493 e. The molecule has 25 heavy (non-hydrogen) atoms. The first-order chi connectivity index (χ1) is 12.0. The first-order valence-corrected chi connectivity index (χ1v) is 8.10. The molecule has 3 aromatic rings. The second-order valence-electron chi connectivity index (χ2n) is 5.56. The third kappa shape index (κ3) is 4.22. The zero-order valence-corrected chi connectivity index (χ0v) is 14.7. The molecule has 1 amide bonds. The number of carbonyl (C=O) groups excluding carboxylic acids is 1. The van der Waals surface area contributed by atoms with Gasteiger partial charge in [0.15, 0.2) is 18.1 Å². The van der Waals surface area contributed by atoms with Gasteiger partial charge in [-0.2, -0.15) is 0 Å². The van der Waals surface area contributed by atoms with Crippen molar-refractivity contribution in [3.8, 4) is 11.5 Å². The molecule has 0 aliphatic carbocycles. The molecule has 0 saturated heterocycles. The number of hydrogen-bond donors (Lipinski definition) is 1. The van der Waals surface area contributed by atoms with E-state index in [0.29, 0.717) is 23.1 Å². The molecule has 0 fully saturated rings. The van der Waals surface area contributed by atoms with Crippen LogP contribution in [0, 0.1) is 6.92 Å². The van der Waals surface area contributed by atoms with Crippen LogP contribution in [0.4, 0.5) is 0 Å². The molecule has 1 aromatic carbocycles. The molecular weight excluding hydrogens is 342 g/mol. The van der Waals surface area contributed by atoms with Gasteiger partial charge in [-0.25, -0.2) is 4.98 Å². The summed E-state index contributed by atoms with van der Waals surface area (Å²) < 4.78 is 12.6. The highest BCUT2D eigenvalue weighted by molar-refractivity contribution is 6.30. The highest BCUT2D eigenvalue weighted by atomic mass is 35.5. The number of hydrogen-bond acceptors (Lipinski definition) is 4. The Labute approximate surface area is 150 Å². The lowest BCUT2D eigenvalue weighted by atomic mass is 10.2. The molecule has 0 bridgehead atoms. The van der Waals surface area contributed by atoms with E-state index in [9.17, 15) is 4.79 Å². The number of ether oxygens (including phenoxy) is 2. The van der Waals surface area contributed by atoms with Crippen molar-refractivity contribution in [2.75, 3.05) is 13.7 Å². The van der Waals surface area contributed by atoms with Gasteiger partial charge in [-0.05, 0) is 36.8 Å². The highest BCUT2D eigenvalue weighted by Crippen LogP contribution is 2.27. The fourth-order valence-corrected chi connectivity index (χ4v) is 2.55. The van der Waals surface area contributed by atoms with Gasteiger partial charge in [0, 0.05) is 12.4 Å². The van der Waals surface area contributed by atoms with Gasteiger partial charge in [0.2, 0.25) is 0 Å². The number of methoxy groups -OCH3 is 1. The topological polar surface area (TPSA) is 64.9 Å². The van der Waals surface area contributed by atoms with Gasteiger partial charge >= 0.3 is 0 Å². The van der Waals surface area contributed by atoms with Gasteiger partial charge in [-0.1, -0.05) is 17.7 Å². The predicted molar refractivity (Wildman–Crippen MR) is 95.3 cm³/mol. The van der Waals surface area contributed by atoms with Crippen LogP contribution >= 0.6 is 11.6 Å². The van der Waals surface area contributed by atoms with Crippen LogP contribution in [0.2, 0.25) is 5.02 Å². The normalized spacial score (nSPS) is 10.7. The molecule has 130 valence electrons. The quantitative estimate of drug-likeness (QED) is 0.734. The summed E-state index contributed by atoms with van der Waals surface area (Å²) in [6, 6.07) is 9.13. The van der Waals surface area contributed by atoms with Gasteiger partial charge < -0.3 is 19.2 Å². The van der Waals surface area contributed by atoms with E-state index in [1.54, 1.807) is 25.4 Å². The smallest absolute Gasteiger partial charge is 0.258 e. The molecule has 0 aliphatic heterocycles. The fourth-order valence-electron chi connectivity index (χ4n) is 2.38. The Bertz CT molecular complexity index is 908. The number of fused-ring (bicyclic) bond motifs is 1. The maximum atomic E-state index is 12.0. The van der Waals surface area contributed by atoms with Crippen LogP contribution in [0.3, 0.4) is 0 Å². The van der Waals surface area contributed by atoms with Gasteiger partial charge in [0.25, 0.3) is 5.91 Å². The average molecular weight is 360 g/mol. The Morgan fingerprint density at radius 2 is 2.08 bits per heavy atom. The van der Waals surface area contributed by atoms with Crippen LogP contribution in [0.5, 0.6) is 11.5 Å². The SMILES string of the molecule is COc1cc(C)ccc1OCC(=O)NCc1cn2cc(Cl)ccc2n1. The predicted octanol–water partition coefficient (Wildman–Crippen LogP) is 3.00. The molecule has 3 rings (SSSR count). The molecule has 7 heteroatoms. The number of rotatable bonds is 6. The zero-order chi connectivity index (χ0) is 17.8. The van der Waals surface area contributed by atoms with Crippen LogP contribution in [-0.4, -0.2) is 29.0 Å². The molecule has 0 radical (unpaired) electrons. The summed E-state index contributed by atoms with van der Waals surface area (Å²) in [5.41, 5.74) is 2.57. The Morgan fingerprint density at radius 1 is 1.24 bits per heavy atom. The van der Waals surface area contributed by atoms with E-state index in [1.165, 1.54) is 0 Å². The molecule has 0 unspecified atom stereocenters. The number of aromatic nitrogens is 2. The molecule has 2 aromatic heterocycles. The Kier molecular flexibility index (Phi) is 5.09. The van der Waals surface area contributed by atoms with E-state index in [1.807, 2.05) is 35.7 Å². The second-order valence-corrected chi connectivity index (χ2v) is 6.00. The maximum absolute atomic E-state index is 12.0. The zero-order valence-electron chi connectivity index (χ0n) is 14.0. The van der Waals surface area contributed by atoms with Crippen molar-refractivity contribution in [1.82, 2.24) is 14.7 Å². The Hall–Kier alpha value is -2.73. The first-order valence-electron chi connectivity index (χ1n) is 7.72. The summed E-state index contributed by atoms with van der Waals surface area (Å²) >= 11 is 5.94. The summed E-state index contributed by atoms with van der Waals surface area (Å²) in [5.74, 6) is 0.897. The van der Waals surface area contributed by atoms with E-state index >= 15 is 0 Å². The number of carbonyl (C=O) groups is 1. The molecule has 0 atom stereocenters. The summed E-state index contributed by atoms with van der Waals surface area (Å²) in [6.45, 7) is 2.17. The summed E-state index contributed by atoms with van der Waals surface area (Å²) in [4.78, 5) is 16.4. The summed E-state index contributed by atoms with van der Waals surface area (Å²) in [5, 5.41) is 3.41. The van der Waals surface area contributed by atoms with Crippen molar-refractivity contribution in [2.24, 2.45) is 0 Å². The van der Waals surface area contributed by atoms with Crippen LogP contribution in [0.1, 0.15) is 11.3 Å². The van der Waals surface area contributed by atoms with Gasteiger partial charge in [-0.3, -0.25) is 4.79 Å². The molecule has 0 saturated carbocycles. The van der Waals surface area contributed by atoms with Gasteiger partial charge in [0.05, 0.1) is 24.4 Å². The lowest BCUT2D eigenvalue weighted by Crippen LogP contribution is -2.28. The van der Waals surface area contributed by atoms with Crippen LogP contribution in [0.25, 0.3) is 5.65 Å². The highest BCUT2D eigenvalue weighted by Gasteiger charge is 2.09. The summed E-state index contributed by atoms with van der Waals surface area (Å²) in [6.07, 6.45) is 3.59. The van der Waals surface area contributed by atoms with Crippen LogP contribution in [0.15, 0.2) is 42.7 Å². The number of pyridine rings is 1. The Morgan fingerprint density at radius 3 is 2.88 bits per heavy atom. The number of halogens is 1. The molecule has 6 nitrogen and oxygen atoms in total. The van der Waals surface area contributed by atoms with Crippen molar-refractivity contribution in [3.05, 3.63) is 59.0 Å². The number of amides is 1. The van der Waals surface area contributed by atoms with Crippen LogP contribution < -0.4 is 14.8 Å². The number of aryl methyl sites for hydroxylation is 1. The van der Waals surface area contributed by atoms with Crippen molar-refractivity contribution in [1.29, 1.82) is 0 Å². The lowest BCUT2D eigenvalue weighted by molar-refractivity contribution is -0.123. The third-order valence-corrected chi connectivity index (χ3v) is 3.83. The fraction of sp³-hybridized carbons (Fsp3) is 0.222. The van der Waals surface area contributed by atoms with Crippen molar-refractivity contribution >= 4 is 23.2 Å². The van der Waals surface area contributed by atoms with Crippen molar-refractivity contribution in [3.63, 3.8) is 0 Å². The summed E-state index contributed by atoms with van der Waals surface area (Å²) in [7, 11) is 1.57. The maximum Gasteiger partial charge on any atom is 0.258 e. The van der Waals surface area contributed by atoms with E-state index in [-0.39, 0.29) is 12.5 Å². The van der Waals surface area contributed by atoms with E-state index in [4.69, 9.17) is 21.1 Å². The van der Waals surface area contributed by atoms with E-state index in [2.05, 4.69) is 10.3 Å². The third-order valence-electron chi connectivity index (χ3n) is 3.61. The first kappa shape index (κ1) is 17.1. The van der Waals surface area contributed by atoms with Crippen molar-refractivity contribution in [2.45, 2.75) is 13.5 Å². The van der Waals surface area contributed by atoms with Gasteiger partial charge in [0.1, 0.15) is 5.65 Å². The van der Waals surface area contributed by atoms with Crippen LogP contribution in [-0.2, 0) is 11.3 Å². The minimum atomic E-state index is -0.238. The molecule has 0 spiro atoms. The van der Waals surface area contributed by atoms with Crippen molar-refractivity contribution < 1.29 is 14.3 Å². The minimum absolute atomic E-state index is 0.0986. The van der Waals surface area contributed by atoms with E-state index in [0.717, 1.165) is 16.9 Å². The number of nitrogens with one attached hydrogen (secondary N) is 1. The lowest BCUT2D eigenvalue weighted by Gasteiger charge is -2.11. The molecule has 1 N–H and O–H groups in total. The average Bonchev–Trinajstić information content (AvgIpc) is 3.00. The molecular formula is C18H18ClN3O3. The number of imidazole rings is 1. The van der Waals surface area contributed by atoms with E-state index < -0.39 is 0 Å². The monoisotopic (exact) mass is 359 g/mol. The van der Waals surface area contributed by atoms with Gasteiger partial charge in [-0.15, -0.1) is 0 Å². The minimum Gasteiger partial charge on any atom is -0.493 e. The Balaban J connectivity index is 1.55. The second kappa shape index (κ2) is 7.44. The molecule has 2 heterocycles. The molecule has 0 aliphatic rings. The standard InChI is InChI=1S/C18H18ClN3O3/c1-12-3-5-15(16(7-12)24-2)25-11-18(23)20-8-14-10-22-9-13(19)4-6-17(22)21-14/h3-7,9-10H,8,11H2,1-2H3,(H,20,23).